The molecule has 98 valence electrons. The number of hydrogen-bond acceptors (Lipinski definition) is 3. The van der Waals surface area contributed by atoms with Crippen molar-refractivity contribution in [2.24, 2.45) is 0 Å². The third-order valence-electron chi connectivity index (χ3n) is 3.07. The number of pyridine rings is 2. The molecule has 3 nitrogen and oxygen atoms in total. The van der Waals surface area contributed by atoms with E-state index in [-0.39, 0.29) is 0 Å². The van der Waals surface area contributed by atoms with E-state index in [1.165, 1.54) is 0 Å². The molecule has 0 spiro atoms. The van der Waals surface area contributed by atoms with Gasteiger partial charge < -0.3 is 0 Å². The molecule has 0 saturated carbocycles. The van der Waals surface area contributed by atoms with Gasteiger partial charge in [0.2, 0.25) is 0 Å². The molecule has 2 heterocycles. The molecular weight excluding hydrogens is 272 g/mol. The van der Waals surface area contributed by atoms with Crippen LogP contribution in [0.2, 0.25) is 5.02 Å². The number of carbonyl (C=O) groups excluding carboxylic acids is 1. The molecule has 0 aliphatic rings. The average molecular weight is 283 g/mol. The van der Waals surface area contributed by atoms with Crippen LogP contribution >= 0.6 is 11.6 Å². The van der Waals surface area contributed by atoms with Gasteiger partial charge in [0, 0.05) is 35.5 Å². The van der Waals surface area contributed by atoms with Crippen LogP contribution in [0.5, 0.6) is 0 Å². The molecule has 0 fully saturated rings. The number of benzene rings is 1. The standard InChI is InChI=1S/C16H11ClN2O/c17-14-8-13-5-11(1-2-16(13)19-9-14)6-15-7-12(10-20)3-4-18-15/h1-5,7-10H,6H2. The second-order valence-corrected chi connectivity index (χ2v) is 4.99. The predicted octanol–water partition coefficient (Wildman–Crippen LogP) is 3.69. The summed E-state index contributed by atoms with van der Waals surface area (Å²) in [6.07, 6.45) is 4.79. The van der Waals surface area contributed by atoms with Gasteiger partial charge in [0.15, 0.2) is 0 Å². The fraction of sp³-hybridized carbons (Fsp3) is 0.0625. The van der Waals surface area contributed by atoms with Gasteiger partial charge in [0.05, 0.1) is 10.5 Å². The summed E-state index contributed by atoms with van der Waals surface area (Å²) >= 11 is 5.96. The summed E-state index contributed by atoms with van der Waals surface area (Å²) < 4.78 is 0. The van der Waals surface area contributed by atoms with Crippen molar-refractivity contribution in [2.45, 2.75) is 6.42 Å². The molecule has 4 heteroatoms. The maximum atomic E-state index is 10.8. The summed E-state index contributed by atoms with van der Waals surface area (Å²) in [7, 11) is 0. The van der Waals surface area contributed by atoms with E-state index in [1.807, 2.05) is 24.3 Å². The van der Waals surface area contributed by atoms with E-state index in [2.05, 4.69) is 9.97 Å². The van der Waals surface area contributed by atoms with Crippen LogP contribution in [0.4, 0.5) is 0 Å². The highest BCUT2D eigenvalue weighted by Crippen LogP contribution is 2.19. The van der Waals surface area contributed by atoms with E-state index in [0.29, 0.717) is 17.0 Å². The molecule has 0 unspecified atom stereocenters. The van der Waals surface area contributed by atoms with Crippen molar-refractivity contribution in [1.82, 2.24) is 9.97 Å². The van der Waals surface area contributed by atoms with Crippen molar-refractivity contribution >= 4 is 28.8 Å². The number of hydrogen-bond donors (Lipinski definition) is 0. The van der Waals surface area contributed by atoms with E-state index < -0.39 is 0 Å². The minimum absolute atomic E-state index is 0.621. The molecule has 0 N–H and O–H groups in total. The summed E-state index contributed by atoms with van der Waals surface area (Å²) in [4.78, 5) is 19.3. The molecule has 1 aromatic carbocycles. The monoisotopic (exact) mass is 282 g/mol. The zero-order chi connectivity index (χ0) is 13.9. The van der Waals surface area contributed by atoms with Crippen molar-refractivity contribution < 1.29 is 4.79 Å². The Morgan fingerprint density at radius 3 is 2.85 bits per heavy atom. The minimum atomic E-state index is 0.621. The van der Waals surface area contributed by atoms with Crippen molar-refractivity contribution in [3.63, 3.8) is 0 Å². The number of aromatic nitrogens is 2. The highest BCUT2D eigenvalue weighted by Gasteiger charge is 2.02. The first-order valence-electron chi connectivity index (χ1n) is 6.19. The van der Waals surface area contributed by atoms with Crippen LogP contribution in [-0.4, -0.2) is 16.3 Å². The number of nitrogens with zero attached hydrogens (tertiary/aromatic N) is 2. The molecule has 0 amide bonds. The first kappa shape index (κ1) is 12.8. The smallest absolute Gasteiger partial charge is 0.150 e. The third kappa shape index (κ3) is 2.68. The zero-order valence-electron chi connectivity index (χ0n) is 10.6. The van der Waals surface area contributed by atoms with Gasteiger partial charge in [-0.15, -0.1) is 0 Å². The third-order valence-corrected chi connectivity index (χ3v) is 3.28. The van der Waals surface area contributed by atoms with Crippen molar-refractivity contribution in [3.8, 4) is 0 Å². The quantitative estimate of drug-likeness (QED) is 0.688. The van der Waals surface area contributed by atoms with Crippen LogP contribution in [0.25, 0.3) is 10.9 Å². The summed E-state index contributed by atoms with van der Waals surface area (Å²) in [5.74, 6) is 0. The highest BCUT2D eigenvalue weighted by atomic mass is 35.5. The maximum absolute atomic E-state index is 10.8. The largest absolute Gasteiger partial charge is 0.298 e. The first-order chi connectivity index (χ1) is 9.74. The van der Waals surface area contributed by atoms with Gasteiger partial charge in [-0.2, -0.15) is 0 Å². The lowest BCUT2D eigenvalue weighted by Crippen LogP contribution is -1.94. The zero-order valence-corrected chi connectivity index (χ0v) is 11.3. The van der Waals surface area contributed by atoms with Gasteiger partial charge in [-0.1, -0.05) is 17.7 Å². The van der Waals surface area contributed by atoms with Gasteiger partial charge >= 0.3 is 0 Å². The molecule has 0 aliphatic carbocycles. The minimum Gasteiger partial charge on any atom is -0.298 e. The Labute approximate surface area is 121 Å². The second-order valence-electron chi connectivity index (χ2n) is 4.56. The van der Waals surface area contributed by atoms with E-state index in [4.69, 9.17) is 11.6 Å². The van der Waals surface area contributed by atoms with Crippen LogP contribution in [0.3, 0.4) is 0 Å². The molecular formula is C16H11ClN2O. The van der Waals surface area contributed by atoms with Crippen molar-refractivity contribution in [3.05, 3.63) is 70.6 Å². The summed E-state index contributed by atoms with van der Waals surface area (Å²) in [5, 5.41) is 1.62. The number of carbonyl (C=O) groups is 1. The molecule has 0 bridgehead atoms. The van der Waals surface area contributed by atoms with Gasteiger partial charge in [-0.3, -0.25) is 14.8 Å². The lowest BCUT2D eigenvalue weighted by Gasteiger charge is -2.04. The number of aldehydes is 1. The van der Waals surface area contributed by atoms with Gasteiger partial charge in [-0.25, -0.2) is 0 Å². The normalized spacial score (nSPS) is 10.7. The Bertz CT molecular complexity index is 786. The molecule has 2 aromatic heterocycles. The Kier molecular flexibility index (Phi) is 3.44. The predicted molar refractivity (Wildman–Crippen MR) is 79.2 cm³/mol. The second kappa shape index (κ2) is 5.39. The van der Waals surface area contributed by atoms with Crippen LogP contribution < -0.4 is 0 Å². The summed E-state index contributed by atoms with van der Waals surface area (Å²) in [6.45, 7) is 0. The Morgan fingerprint density at radius 2 is 2.00 bits per heavy atom. The van der Waals surface area contributed by atoms with Crippen LogP contribution in [-0.2, 0) is 6.42 Å². The van der Waals surface area contributed by atoms with Gasteiger partial charge in [0.1, 0.15) is 6.29 Å². The molecule has 0 aliphatic heterocycles. The molecule has 20 heavy (non-hydrogen) atoms. The SMILES string of the molecule is O=Cc1ccnc(Cc2ccc3ncc(Cl)cc3c2)c1. The summed E-state index contributed by atoms with van der Waals surface area (Å²) in [5.41, 5.74) is 3.52. The Morgan fingerprint density at radius 1 is 1.10 bits per heavy atom. The number of halogens is 1. The molecule has 0 saturated heterocycles. The summed E-state index contributed by atoms with van der Waals surface area (Å²) in [6, 6.07) is 11.4. The maximum Gasteiger partial charge on any atom is 0.150 e. The first-order valence-corrected chi connectivity index (χ1v) is 6.57. The van der Waals surface area contributed by atoms with Gasteiger partial charge in [0.25, 0.3) is 0 Å². The lowest BCUT2D eigenvalue weighted by molar-refractivity contribution is 0.112. The lowest BCUT2D eigenvalue weighted by atomic mass is 10.1. The fourth-order valence-corrected chi connectivity index (χ4v) is 2.31. The van der Waals surface area contributed by atoms with E-state index in [1.54, 1.807) is 24.5 Å². The van der Waals surface area contributed by atoms with Crippen LogP contribution in [0.1, 0.15) is 21.6 Å². The van der Waals surface area contributed by atoms with Crippen molar-refractivity contribution in [2.75, 3.05) is 0 Å². The molecule has 0 atom stereocenters. The van der Waals surface area contributed by atoms with Crippen LogP contribution in [0, 0.1) is 0 Å². The van der Waals surface area contributed by atoms with Crippen molar-refractivity contribution in [1.29, 1.82) is 0 Å². The Hall–Kier alpha value is -2.26. The number of fused-ring (bicyclic) bond motifs is 1. The number of rotatable bonds is 3. The molecule has 0 radical (unpaired) electrons. The van der Waals surface area contributed by atoms with E-state index in [0.717, 1.165) is 28.4 Å². The van der Waals surface area contributed by atoms with E-state index >= 15 is 0 Å². The highest BCUT2D eigenvalue weighted by molar-refractivity contribution is 6.31. The molecule has 3 rings (SSSR count). The average Bonchev–Trinajstić information content (AvgIpc) is 2.47. The Balaban J connectivity index is 1.95. The fourth-order valence-electron chi connectivity index (χ4n) is 2.14. The van der Waals surface area contributed by atoms with Gasteiger partial charge in [-0.05, 0) is 35.9 Å². The van der Waals surface area contributed by atoms with E-state index in [9.17, 15) is 4.79 Å². The van der Waals surface area contributed by atoms with Crippen LogP contribution in [0.15, 0.2) is 48.8 Å². The topological polar surface area (TPSA) is 42.9 Å². The molecule has 3 aromatic rings.